The molecule has 0 atom stereocenters. The highest BCUT2D eigenvalue weighted by Crippen LogP contribution is 2.29. The summed E-state index contributed by atoms with van der Waals surface area (Å²) >= 11 is 0. The second-order valence-corrected chi connectivity index (χ2v) is 9.07. The molecule has 0 saturated heterocycles. The molecule has 2 aromatic carbocycles. The molecule has 0 bridgehead atoms. The summed E-state index contributed by atoms with van der Waals surface area (Å²) in [4.78, 5) is 12.1. The highest BCUT2D eigenvalue weighted by molar-refractivity contribution is 7.92. The summed E-state index contributed by atoms with van der Waals surface area (Å²) in [6.45, 7) is 5.11. The molecule has 1 N–H and O–H groups in total. The molecular formula is C22H30N2O4S. The zero-order chi connectivity index (χ0) is 21.3. The van der Waals surface area contributed by atoms with Crippen molar-refractivity contribution in [1.82, 2.24) is 5.32 Å². The van der Waals surface area contributed by atoms with Crippen LogP contribution in [0.4, 0.5) is 5.69 Å². The number of sulfonamides is 1. The lowest BCUT2D eigenvalue weighted by atomic mass is 10.0. The monoisotopic (exact) mass is 418 g/mol. The normalized spacial score (nSPS) is 11.3. The number of ether oxygens (including phenoxy) is 1. The molecule has 0 aliphatic rings. The molecule has 0 radical (unpaired) electrons. The third-order valence-corrected chi connectivity index (χ3v) is 5.61. The molecule has 0 unspecified atom stereocenters. The molecule has 29 heavy (non-hydrogen) atoms. The Kier molecular flexibility index (Phi) is 8.51. The molecule has 0 fully saturated rings. The number of carbonyl (C=O) groups excluding carboxylic acids is 1. The Morgan fingerprint density at radius 2 is 1.72 bits per heavy atom. The van der Waals surface area contributed by atoms with Crippen LogP contribution in [0, 0.1) is 0 Å². The summed E-state index contributed by atoms with van der Waals surface area (Å²) in [6.07, 6.45) is 1.89. The zero-order valence-corrected chi connectivity index (χ0v) is 18.1. The van der Waals surface area contributed by atoms with Crippen LogP contribution in [0.15, 0.2) is 54.6 Å². The van der Waals surface area contributed by atoms with Crippen molar-refractivity contribution in [3.63, 3.8) is 0 Å². The Morgan fingerprint density at radius 3 is 2.38 bits per heavy atom. The largest absolute Gasteiger partial charge is 0.492 e. The molecule has 6 nitrogen and oxygen atoms in total. The van der Waals surface area contributed by atoms with Gasteiger partial charge in [-0.05, 0) is 36.1 Å². The van der Waals surface area contributed by atoms with Gasteiger partial charge in [0.25, 0.3) is 0 Å². The van der Waals surface area contributed by atoms with E-state index in [1.807, 2.05) is 68.4 Å². The predicted molar refractivity (Wildman–Crippen MR) is 117 cm³/mol. The minimum absolute atomic E-state index is 0.118. The van der Waals surface area contributed by atoms with E-state index in [1.165, 1.54) is 10.6 Å². The van der Waals surface area contributed by atoms with Gasteiger partial charge in [0.15, 0.2) is 0 Å². The maximum atomic E-state index is 12.3. The fraction of sp³-hybridized carbons (Fsp3) is 0.409. The van der Waals surface area contributed by atoms with Crippen molar-refractivity contribution in [2.75, 3.05) is 30.3 Å². The Labute approximate surface area is 173 Å². The summed E-state index contributed by atoms with van der Waals surface area (Å²) in [7, 11) is -3.44. The van der Waals surface area contributed by atoms with Crippen LogP contribution in [0.3, 0.4) is 0 Å². The Hall–Kier alpha value is -2.54. The zero-order valence-electron chi connectivity index (χ0n) is 17.3. The van der Waals surface area contributed by atoms with Crippen molar-refractivity contribution in [2.45, 2.75) is 32.6 Å². The van der Waals surface area contributed by atoms with Crippen LogP contribution in [0.25, 0.3) is 0 Å². The molecule has 1 amide bonds. The molecule has 0 aliphatic heterocycles. The van der Waals surface area contributed by atoms with Crippen LogP contribution in [0.1, 0.15) is 38.2 Å². The van der Waals surface area contributed by atoms with Crippen molar-refractivity contribution < 1.29 is 17.9 Å². The van der Waals surface area contributed by atoms with Gasteiger partial charge in [-0.1, -0.05) is 50.2 Å². The fourth-order valence-electron chi connectivity index (χ4n) is 3.02. The van der Waals surface area contributed by atoms with E-state index < -0.39 is 10.0 Å². The second-order valence-electron chi connectivity index (χ2n) is 7.16. The average molecular weight is 419 g/mol. The van der Waals surface area contributed by atoms with E-state index in [9.17, 15) is 13.2 Å². The van der Waals surface area contributed by atoms with Crippen molar-refractivity contribution in [2.24, 2.45) is 0 Å². The van der Waals surface area contributed by atoms with Crippen molar-refractivity contribution in [1.29, 1.82) is 0 Å². The molecule has 0 aromatic heterocycles. The third-order valence-electron chi connectivity index (χ3n) is 4.43. The van der Waals surface area contributed by atoms with Gasteiger partial charge in [-0.3, -0.25) is 9.10 Å². The lowest BCUT2D eigenvalue weighted by molar-refractivity contribution is -0.121. The number of nitrogens with zero attached hydrogens (tertiary/aromatic N) is 1. The number of para-hydroxylation sites is 2. The molecular weight excluding hydrogens is 388 g/mol. The van der Waals surface area contributed by atoms with Crippen molar-refractivity contribution in [3.8, 4) is 5.75 Å². The maximum absolute atomic E-state index is 12.3. The summed E-state index contributed by atoms with van der Waals surface area (Å²) in [5.74, 6) is 0.838. The van der Waals surface area contributed by atoms with Crippen LogP contribution < -0.4 is 14.4 Å². The van der Waals surface area contributed by atoms with E-state index in [1.54, 1.807) is 0 Å². The van der Waals surface area contributed by atoms with E-state index in [0.29, 0.717) is 25.3 Å². The van der Waals surface area contributed by atoms with E-state index >= 15 is 0 Å². The van der Waals surface area contributed by atoms with E-state index in [2.05, 4.69) is 5.32 Å². The predicted octanol–water partition coefficient (Wildman–Crippen LogP) is 3.55. The molecule has 0 aliphatic carbocycles. The average Bonchev–Trinajstić information content (AvgIpc) is 2.68. The number of hydrogen-bond donors (Lipinski definition) is 1. The topological polar surface area (TPSA) is 75.7 Å². The lowest BCUT2D eigenvalue weighted by Crippen LogP contribution is -2.33. The number of anilines is 1. The molecule has 2 rings (SSSR count). The first-order valence-electron chi connectivity index (χ1n) is 9.80. The molecule has 158 valence electrons. The second kappa shape index (κ2) is 10.9. The minimum Gasteiger partial charge on any atom is -0.492 e. The van der Waals surface area contributed by atoms with Crippen LogP contribution in [-0.4, -0.2) is 40.3 Å². The van der Waals surface area contributed by atoms with Gasteiger partial charge in [-0.25, -0.2) is 8.42 Å². The summed E-state index contributed by atoms with van der Waals surface area (Å²) in [6, 6.07) is 16.9. The third kappa shape index (κ3) is 7.42. The molecule has 0 saturated carbocycles. The number of rotatable bonds is 11. The van der Waals surface area contributed by atoms with Crippen LogP contribution in [0.5, 0.6) is 5.75 Å². The van der Waals surface area contributed by atoms with Gasteiger partial charge in [-0.15, -0.1) is 0 Å². The van der Waals surface area contributed by atoms with Gasteiger partial charge < -0.3 is 10.1 Å². The first kappa shape index (κ1) is 22.7. The van der Waals surface area contributed by atoms with E-state index in [0.717, 1.165) is 11.3 Å². The number of carbonyl (C=O) groups is 1. The van der Waals surface area contributed by atoms with Gasteiger partial charge in [-0.2, -0.15) is 0 Å². The van der Waals surface area contributed by atoms with Gasteiger partial charge >= 0.3 is 0 Å². The molecule has 0 heterocycles. The fourth-order valence-corrected chi connectivity index (χ4v) is 4.00. The number of benzene rings is 2. The first-order valence-corrected chi connectivity index (χ1v) is 11.6. The van der Waals surface area contributed by atoms with Crippen LogP contribution in [-0.2, 0) is 14.8 Å². The Morgan fingerprint density at radius 1 is 1.07 bits per heavy atom. The molecule has 2 aromatic rings. The Bertz CT molecular complexity index is 883. The first-order chi connectivity index (χ1) is 13.8. The maximum Gasteiger partial charge on any atom is 0.232 e. The summed E-state index contributed by atoms with van der Waals surface area (Å²) in [5, 5.41) is 2.80. The summed E-state index contributed by atoms with van der Waals surface area (Å²) < 4.78 is 31.6. The Balaban J connectivity index is 1.83. The van der Waals surface area contributed by atoms with Gasteiger partial charge in [0.1, 0.15) is 12.4 Å². The SMILES string of the molecule is CC(C)c1ccccc1N(CCCC(=O)NCCOc1ccccc1)S(C)(=O)=O. The molecule has 7 heteroatoms. The van der Waals surface area contributed by atoms with Crippen molar-refractivity contribution in [3.05, 3.63) is 60.2 Å². The number of nitrogens with one attached hydrogen (secondary N) is 1. The van der Waals surface area contributed by atoms with E-state index in [4.69, 9.17) is 4.74 Å². The van der Waals surface area contributed by atoms with Gasteiger partial charge in [0, 0.05) is 13.0 Å². The summed E-state index contributed by atoms with van der Waals surface area (Å²) in [5.41, 5.74) is 1.65. The number of hydrogen-bond acceptors (Lipinski definition) is 4. The quantitative estimate of drug-likeness (QED) is 0.566. The van der Waals surface area contributed by atoms with Gasteiger partial charge in [0.2, 0.25) is 15.9 Å². The van der Waals surface area contributed by atoms with Crippen molar-refractivity contribution >= 4 is 21.6 Å². The van der Waals surface area contributed by atoms with Crippen LogP contribution >= 0.6 is 0 Å². The lowest BCUT2D eigenvalue weighted by Gasteiger charge is -2.26. The van der Waals surface area contributed by atoms with Crippen LogP contribution in [0.2, 0.25) is 0 Å². The molecule has 0 spiro atoms. The highest BCUT2D eigenvalue weighted by Gasteiger charge is 2.21. The van der Waals surface area contributed by atoms with Gasteiger partial charge in [0.05, 0.1) is 18.5 Å². The van der Waals surface area contributed by atoms with E-state index in [-0.39, 0.29) is 24.8 Å². The standard InChI is InChI=1S/C22H30N2O4S/c1-18(2)20-12-7-8-13-21(20)24(29(3,26)27)16-9-14-22(25)23-15-17-28-19-10-5-4-6-11-19/h4-8,10-13,18H,9,14-17H2,1-3H3,(H,23,25). The minimum atomic E-state index is -3.44. The highest BCUT2D eigenvalue weighted by atomic mass is 32.2. The number of amides is 1. The smallest absolute Gasteiger partial charge is 0.232 e.